The molecule has 1 fully saturated rings. The second-order valence-electron chi connectivity index (χ2n) is 15.7. The third-order valence-electron chi connectivity index (χ3n) is 10.1. The van der Waals surface area contributed by atoms with E-state index in [1.807, 2.05) is 13.8 Å². The van der Waals surface area contributed by atoms with Crippen LogP contribution in [0.15, 0.2) is 4.99 Å². The van der Waals surface area contributed by atoms with Gasteiger partial charge in [0.2, 0.25) is 0 Å². The molecular weight excluding hydrogens is 711 g/mol. The normalized spacial score (nSPS) is 16.1. The van der Waals surface area contributed by atoms with Gasteiger partial charge in [-0.3, -0.25) is 20.2 Å². The van der Waals surface area contributed by atoms with Crippen LogP contribution in [0, 0.1) is 18.5 Å². The van der Waals surface area contributed by atoms with Gasteiger partial charge in [0.05, 0.1) is 26.3 Å². The molecule has 1 saturated heterocycles. The summed E-state index contributed by atoms with van der Waals surface area (Å²) in [6.07, 6.45) is 36.0. The number of piperidine rings is 1. The lowest BCUT2D eigenvalue weighted by molar-refractivity contribution is -0.573. The molecule has 326 valence electrons. The number of carbonyl (C=O) groups is 4. The van der Waals surface area contributed by atoms with Gasteiger partial charge >= 0.3 is 17.9 Å². The Bertz CT molecular complexity index is 937. The minimum Gasteiger partial charge on any atom is -0.550 e. The van der Waals surface area contributed by atoms with Crippen LogP contribution in [0.5, 0.6) is 0 Å². The van der Waals surface area contributed by atoms with E-state index < -0.39 is 23.9 Å². The Morgan fingerprint density at radius 2 is 1.07 bits per heavy atom. The number of aliphatic imine (C=N–C) groups is 1. The maximum absolute atomic E-state index is 10.4. The number of quaternary nitrogens is 1. The van der Waals surface area contributed by atoms with E-state index >= 15 is 0 Å². The molecule has 2 atom stereocenters. The van der Waals surface area contributed by atoms with E-state index in [0.29, 0.717) is 32.2 Å². The molecule has 0 aliphatic carbocycles. The van der Waals surface area contributed by atoms with E-state index in [1.54, 1.807) is 11.9 Å². The van der Waals surface area contributed by atoms with Crippen molar-refractivity contribution in [1.82, 2.24) is 0 Å². The van der Waals surface area contributed by atoms with Gasteiger partial charge in [-0.05, 0) is 19.3 Å². The maximum Gasteiger partial charge on any atom is 0.362 e. The Balaban J connectivity index is 0. The number of hydrogen-bond donors (Lipinski definition) is 4. The molecule has 0 aromatic carbocycles. The fraction of sp³-hybridized carbons (Fsp3) is 0.844. The second-order valence-corrected chi connectivity index (χ2v) is 15.7. The molecule has 2 aliphatic heterocycles. The van der Waals surface area contributed by atoms with Crippen LogP contribution >= 0.6 is 0 Å². The molecule has 0 aromatic heterocycles. The van der Waals surface area contributed by atoms with Gasteiger partial charge in [0.25, 0.3) is 0 Å². The lowest BCUT2D eigenvalue weighted by Gasteiger charge is -2.17. The third-order valence-corrected chi connectivity index (χ3v) is 10.1. The van der Waals surface area contributed by atoms with Gasteiger partial charge in [-0.1, -0.05) is 168 Å². The number of amidine groups is 1. The summed E-state index contributed by atoms with van der Waals surface area (Å²) >= 11 is 0. The van der Waals surface area contributed by atoms with E-state index in [1.165, 1.54) is 141 Å². The van der Waals surface area contributed by atoms with Crippen LogP contribution in [0.1, 0.15) is 227 Å². The number of aliphatic carboxylic acids is 4. The predicted molar refractivity (Wildman–Crippen MR) is 226 cm³/mol. The molecular formula is C45H84N3O8+. The van der Waals surface area contributed by atoms with Crippen molar-refractivity contribution >= 4 is 29.7 Å². The topological polar surface area (TPSA) is 195 Å². The first-order valence-corrected chi connectivity index (χ1v) is 22.5. The average molecular weight is 795 g/mol. The monoisotopic (exact) mass is 795 g/mol. The molecule has 2 aliphatic rings. The van der Waals surface area contributed by atoms with E-state index in [0.717, 1.165) is 37.6 Å². The lowest BCUT2D eigenvalue weighted by Crippen LogP contribution is -2.95. The molecule has 11 heteroatoms. The molecule has 0 saturated carbocycles. The predicted octanol–water partition coefficient (Wildman–Crippen LogP) is 10.2. The number of carboxylic acids is 4. The van der Waals surface area contributed by atoms with Gasteiger partial charge in [0, 0.05) is 38.3 Å². The Hall–Kier alpha value is -2.79. The van der Waals surface area contributed by atoms with Crippen LogP contribution in [-0.2, 0) is 19.2 Å². The van der Waals surface area contributed by atoms with Gasteiger partial charge in [0.1, 0.15) is 5.92 Å². The summed E-state index contributed by atoms with van der Waals surface area (Å²) in [4.78, 5) is 45.4. The summed E-state index contributed by atoms with van der Waals surface area (Å²) in [6, 6.07) is 0.608. The van der Waals surface area contributed by atoms with Crippen LogP contribution in [-0.4, -0.2) is 57.6 Å². The van der Waals surface area contributed by atoms with Crippen molar-refractivity contribution in [1.29, 1.82) is 0 Å². The van der Waals surface area contributed by atoms with Crippen molar-refractivity contribution in [2.75, 3.05) is 6.54 Å². The highest BCUT2D eigenvalue weighted by Gasteiger charge is 2.30. The van der Waals surface area contributed by atoms with Gasteiger partial charge < -0.3 is 25.2 Å². The average Bonchev–Trinajstić information content (AvgIpc) is 3.16. The van der Waals surface area contributed by atoms with Crippen molar-refractivity contribution in [2.45, 2.75) is 233 Å². The SMILES string of the molecule is CC1=NCCC(C(=O)O)[NH2+]1.CCCCCCCCCCCCCCCC(=O)O.CCCCCCCCCCCCCCCC(=O)[O-].C[C+]1CC(C(=O)O)C[CH+][N-]1. The minimum absolute atomic E-state index is 0.234. The number of carbonyl (C=O) groups excluding carboxylic acids is 1. The summed E-state index contributed by atoms with van der Waals surface area (Å²) in [6.45, 7) is 10.5. The highest BCUT2D eigenvalue weighted by molar-refractivity contribution is 5.77. The van der Waals surface area contributed by atoms with E-state index in [4.69, 9.17) is 15.3 Å². The molecule has 11 nitrogen and oxygen atoms in total. The maximum atomic E-state index is 10.4. The Morgan fingerprint density at radius 1 is 0.679 bits per heavy atom. The van der Waals surface area contributed by atoms with Crippen molar-refractivity contribution in [3.8, 4) is 0 Å². The zero-order valence-electron chi connectivity index (χ0n) is 36.2. The van der Waals surface area contributed by atoms with E-state index in [-0.39, 0.29) is 18.4 Å². The van der Waals surface area contributed by atoms with Gasteiger partial charge in [-0.15, -0.1) is 0 Å². The van der Waals surface area contributed by atoms with E-state index in [2.05, 4.69) is 24.2 Å². The molecule has 0 bridgehead atoms. The summed E-state index contributed by atoms with van der Waals surface area (Å²) < 4.78 is 0. The second kappa shape index (κ2) is 41.8. The number of nitrogens with two attached hydrogens (primary N) is 1. The Kier molecular flexibility index (Phi) is 41.3. The number of nitrogens with zero attached hydrogens (tertiary/aromatic N) is 2. The highest BCUT2D eigenvalue weighted by Crippen LogP contribution is 2.31. The Morgan fingerprint density at radius 3 is 1.36 bits per heavy atom. The van der Waals surface area contributed by atoms with Crippen molar-refractivity contribution in [3.05, 3.63) is 17.9 Å². The highest BCUT2D eigenvalue weighted by atomic mass is 16.4. The van der Waals surface area contributed by atoms with Crippen molar-refractivity contribution in [3.63, 3.8) is 0 Å². The molecule has 2 unspecified atom stereocenters. The van der Waals surface area contributed by atoms with Crippen LogP contribution in [0.2, 0.25) is 0 Å². The number of carboxylic acid groups (broad SMARTS) is 4. The van der Waals surface area contributed by atoms with E-state index in [9.17, 15) is 24.3 Å². The number of rotatable bonds is 30. The summed E-state index contributed by atoms with van der Waals surface area (Å²) in [5.41, 5.74) is 0. The lowest BCUT2D eigenvalue weighted by atomic mass is 9.94. The zero-order valence-corrected chi connectivity index (χ0v) is 36.2. The van der Waals surface area contributed by atoms with Crippen LogP contribution in [0.4, 0.5) is 0 Å². The standard InChI is InChI=1S/2C16H32O2.C7H9NO2.C6H10N2O2/c2*1-2-3-4-5-6-7-8-9-10-11-12-13-14-15-16(17)18;1-5-4-6(7(9)10)2-3-8-5;1-4-7-3-2-5(8-4)6(9)10/h2*2-15H2,1H3,(H,17,18);3,6H,2,4H2,1H3;5H,2-3H2,1H3,(H,7,8)(H,9,10)/p+1. The zero-order chi connectivity index (χ0) is 42.1. The van der Waals surface area contributed by atoms with Gasteiger partial charge in [-0.2, -0.15) is 0 Å². The molecule has 0 amide bonds. The van der Waals surface area contributed by atoms with Gasteiger partial charge in [-0.25, -0.2) is 9.79 Å². The van der Waals surface area contributed by atoms with Crippen molar-refractivity contribution in [2.24, 2.45) is 10.9 Å². The van der Waals surface area contributed by atoms with Crippen LogP contribution in [0.3, 0.4) is 0 Å². The molecule has 5 N–H and O–H groups in total. The molecule has 2 heterocycles. The number of unbranched alkanes of at least 4 members (excludes halogenated alkanes) is 24. The fourth-order valence-electron chi connectivity index (χ4n) is 6.60. The van der Waals surface area contributed by atoms with Crippen LogP contribution in [0.25, 0.3) is 5.32 Å². The third kappa shape index (κ3) is 42.4. The summed E-state index contributed by atoms with van der Waals surface area (Å²) in [7, 11) is 0. The quantitative estimate of drug-likeness (QED) is 0.0407. The number of hydrogen-bond acceptors (Lipinski definition) is 6. The first-order chi connectivity index (χ1) is 26.9. The first-order valence-electron chi connectivity index (χ1n) is 22.5. The minimum atomic E-state index is -0.905. The largest absolute Gasteiger partial charge is 0.550 e. The molecule has 2 rings (SSSR count). The summed E-state index contributed by atoms with van der Waals surface area (Å²) in [5.74, 6) is -2.41. The van der Waals surface area contributed by atoms with Crippen molar-refractivity contribution < 1.29 is 44.9 Å². The van der Waals surface area contributed by atoms with Crippen LogP contribution < -0.4 is 10.4 Å². The van der Waals surface area contributed by atoms with Gasteiger partial charge in [0.15, 0.2) is 11.9 Å². The Labute approximate surface area is 342 Å². The molecule has 0 aromatic rings. The smallest absolute Gasteiger partial charge is 0.362 e. The molecule has 56 heavy (non-hydrogen) atoms. The fourth-order valence-corrected chi connectivity index (χ4v) is 6.60. The molecule has 0 radical (unpaired) electrons. The first kappa shape index (κ1) is 55.3. The summed E-state index contributed by atoms with van der Waals surface area (Å²) in [5, 5.41) is 41.5. The molecule has 0 spiro atoms.